The molecule has 0 bridgehead atoms. The van der Waals surface area contributed by atoms with Crippen LogP contribution in [-0.4, -0.2) is 53.7 Å². The Morgan fingerprint density at radius 3 is 2.90 bits per heavy atom. The van der Waals surface area contributed by atoms with E-state index in [0.29, 0.717) is 6.04 Å². The summed E-state index contributed by atoms with van der Waals surface area (Å²) in [6, 6.07) is 2.41. The number of pyridine rings is 1. The molecule has 5 nitrogen and oxygen atoms in total. The van der Waals surface area contributed by atoms with Crippen LogP contribution < -0.4 is 4.90 Å². The molecule has 1 aromatic heterocycles. The highest BCUT2D eigenvalue weighted by molar-refractivity contribution is 5.85. The Morgan fingerprint density at radius 1 is 1.48 bits per heavy atom. The number of hydrogen-bond acceptors (Lipinski definition) is 4. The minimum atomic E-state index is -0.944. The van der Waals surface area contributed by atoms with Gasteiger partial charge in [0.05, 0.1) is 0 Å². The Labute approximate surface area is 125 Å². The second-order valence-corrected chi connectivity index (χ2v) is 5.74. The smallest absolute Gasteiger partial charge is 0.328 e. The summed E-state index contributed by atoms with van der Waals surface area (Å²) in [4.78, 5) is 19.8. The van der Waals surface area contributed by atoms with Gasteiger partial charge in [-0.15, -0.1) is 0 Å². The Morgan fingerprint density at radius 2 is 2.24 bits per heavy atom. The van der Waals surface area contributed by atoms with E-state index in [1.807, 2.05) is 13.0 Å². The summed E-state index contributed by atoms with van der Waals surface area (Å²) in [7, 11) is 2.15. The van der Waals surface area contributed by atoms with Crippen LogP contribution in [0.2, 0.25) is 0 Å². The number of likely N-dealkylation sites (N-methyl/N-ethyl adjacent to an activating group) is 1. The highest BCUT2D eigenvalue weighted by atomic mass is 16.4. The number of aromatic nitrogens is 1. The van der Waals surface area contributed by atoms with Crippen molar-refractivity contribution in [1.29, 1.82) is 0 Å². The first-order valence-electron chi connectivity index (χ1n) is 7.30. The van der Waals surface area contributed by atoms with E-state index in [4.69, 9.17) is 5.11 Å². The molecule has 1 N–H and O–H groups in total. The topological polar surface area (TPSA) is 56.7 Å². The molecule has 0 saturated carbocycles. The Bertz CT molecular complexity index is 542. The van der Waals surface area contributed by atoms with Crippen LogP contribution in [0, 0.1) is 6.92 Å². The zero-order valence-corrected chi connectivity index (χ0v) is 12.9. The van der Waals surface area contributed by atoms with Crippen LogP contribution in [0.25, 0.3) is 6.08 Å². The average molecular weight is 289 g/mol. The molecule has 1 aromatic rings. The van der Waals surface area contributed by atoms with Gasteiger partial charge >= 0.3 is 5.97 Å². The molecular formula is C16H23N3O2. The largest absolute Gasteiger partial charge is 0.478 e. The normalized spacial score (nSPS) is 20.7. The van der Waals surface area contributed by atoms with Crippen LogP contribution in [0.5, 0.6) is 0 Å². The molecule has 0 aromatic carbocycles. The highest BCUT2D eigenvalue weighted by Crippen LogP contribution is 2.23. The zero-order valence-electron chi connectivity index (χ0n) is 12.9. The molecule has 1 aliphatic heterocycles. The maximum Gasteiger partial charge on any atom is 0.328 e. The van der Waals surface area contributed by atoms with E-state index in [1.165, 1.54) is 0 Å². The van der Waals surface area contributed by atoms with Gasteiger partial charge in [0.2, 0.25) is 0 Å². The quantitative estimate of drug-likeness (QED) is 0.863. The van der Waals surface area contributed by atoms with Gasteiger partial charge in [0.25, 0.3) is 0 Å². The molecule has 0 amide bonds. The summed E-state index contributed by atoms with van der Waals surface area (Å²) in [6.07, 6.45) is 5.58. The summed E-state index contributed by atoms with van der Waals surface area (Å²) < 4.78 is 0. The van der Waals surface area contributed by atoms with Gasteiger partial charge in [-0.3, -0.25) is 0 Å². The molecular weight excluding hydrogens is 266 g/mol. The standard InChI is InChI=1S/C16H23N3O2/c1-12-9-14(5-6-15(20)21)10-17-16(12)19-8-4-7-18(3)11-13(19)2/h5-6,9-10,13H,4,7-8,11H2,1-3H3,(H,20,21)/b6-5+. The number of carboxylic acid groups (broad SMARTS) is 1. The number of carboxylic acids is 1. The van der Waals surface area contributed by atoms with Crippen molar-refractivity contribution in [1.82, 2.24) is 9.88 Å². The molecule has 114 valence electrons. The van der Waals surface area contributed by atoms with Gasteiger partial charge in [0.1, 0.15) is 5.82 Å². The van der Waals surface area contributed by atoms with Gasteiger partial charge in [0, 0.05) is 31.4 Å². The first-order valence-corrected chi connectivity index (χ1v) is 7.30. The van der Waals surface area contributed by atoms with Crippen LogP contribution >= 0.6 is 0 Å². The summed E-state index contributed by atoms with van der Waals surface area (Å²) >= 11 is 0. The molecule has 2 rings (SSSR count). The fraction of sp³-hybridized carbons (Fsp3) is 0.500. The number of hydrogen-bond donors (Lipinski definition) is 1. The predicted molar refractivity (Wildman–Crippen MR) is 84.6 cm³/mol. The third-order valence-corrected chi connectivity index (χ3v) is 3.81. The lowest BCUT2D eigenvalue weighted by Gasteiger charge is -2.30. The van der Waals surface area contributed by atoms with Gasteiger partial charge in [-0.1, -0.05) is 0 Å². The van der Waals surface area contributed by atoms with Gasteiger partial charge in [-0.05, 0) is 57.1 Å². The van der Waals surface area contributed by atoms with Gasteiger partial charge in [-0.2, -0.15) is 0 Å². The fourth-order valence-electron chi connectivity index (χ4n) is 2.84. The van der Waals surface area contributed by atoms with Crippen molar-refractivity contribution in [2.24, 2.45) is 0 Å². The maximum absolute atomic E-state index is 10.6. The Balaban J connectivity index is 2.21. The lowest BCUT2D eigenvalue weighted by atomic mass is 10.1. The summed E-state index contributed by atoms with van der Waals surface area (Å²) in [5.41, 5.74) is 1.90. The lowest BCUT2D eigenvalue weighted by Crippen LogP contribution is -2.38. The third-order valence-electron chi connectivity index (χ3n) is 3.81. The van der Waals surface area contributed by atoms with E-state index in [9.17, 15) is 4.79 Å². The van der Waals surface area contributed by atoms with Crippen LogP contribution in [0.1, 0.15) is 24.5 Å². The van der Waals surface area contributed by atoms with E-state index < -0.39 is 5.97 Å². The fourth-order valence-corrected chi connectivity index (χ4v) is 2.84. The van der Waals surface area contributed by atoms with E-state index in [0.717, 1.165) is 49.1 Å². The SMILES string of the molecule is Cc1cc(/C=C/C(=O)O)cnc1N1CCCN(C)CC1C. The molecule has 0 aliphatic carbocycles. The van der Waals surface area contributed by atoms with Gasteiger partial charge in [0.15, 0.2) is 0 Å². The average Bonchev–Trinajstić information content (AvgIpc) is 2.57. The number of rotatable bonds is 3. The molecule has 2 heterocycles. The van der Waals surface area contributed by atoms with Crippen LogP contribution in [0.4, 0.5) is 5.82 Å². The number of aliphatic carboxylic acids is 1. The monoisotopic (exact) mass is 289 g/mol. The van der Waals surface area contributed by atoms with Crippen molar-refractivity contribution >= 4 is 17.9 Å². The number of anilines is 1. The number of nitrogens with zero attached hydrogens (tertiary/aromatic N) is 3. The first-order chi connectivity index (χ1) is 9.97. The van der Waals surface area contributed by atoms with Crippen molar-refractivity contribution in [2.45, 2.75) is 26.3 Å². The lowest BCUT2D eigenvalue weighted by molar-refractivity contribution is -0.131. The van der Waals surface area contributed by atoms with E-state index >= 15 is 0 Å². The second kappa shape index (κ2) is 6.72. The minimum Gasteiger partial charge on any atom is -0.478 e. The van der Waals surface area contributed by atoms with Crippen LogP contribution in [-0.2, 0) is 4.79 Å². The summed E-state index contributed by atoms with van der Waals surface area (Å²) in [6.45, 7) is 7.40. The molecule has 5 heteroatoms. The van der Waals surface area contributed by atoms with Crippen molar-refractivity contribution in [2.75, 3.05) is 31.6 Å². The Hall–Kier alpha value is -1.88. The minimum absolute atomic E-state index is 0.420. The number of carbonyl (C=O) groups is 1. The van der Waals surface area contributed by atoms with Gasteiger partial charge < -0.3 is 14.9 Å². The van der Waals surface area contributed by atoms with Crippen molar-refractivity contribution in [3.63, 3.8) is 0 Å². The van der Waals surface area contributed by atoms with E-state index in [1.54, 1.807) is 12.3 Å². The third kappa shape index (κ3) is 4.04. The summed E-state index contributed by atoms with van der Waals surface area (Å²) in [5.74, 6) is 0.0613. The molecule has 1 fully saturated rings. The van der Waals surface area contributed by atoms with Crippen LogP contribution in [0.3, 0.4) is 0 Å². The van der Waals surface area contributed by atoms with Crippen molar-refractivity contribution in [3.05, 3.63) is 29.5 Å². The maximum atomic E-state index is 10.6. The molecule has 1 unspecified atom stereocenters. The molecule has 0 radical (unpaired) electrons. The van der Waals surface area contributed by atoms with Crippen molar-refractivity contribution in [3.8, 4) is 0 Å². The molecule has 0 spiro atoms. The first kappa shape index (κ1) is 15.5. The predicted octanol–water partition coefficient (Wildman–Crippen LogP) is 2.02. The second-order valence-electron chi connectivity index (χ2n) is 5.74. The Kier molecular flexibility index (Phi) is 4.96. The van der Waals surface area contributed by atoms with E-state index in [2.05, 4.69) is 28.8 Å². The molecule has 1 atom stereocenters. The highest BCUT2D eigenvalue weighted by Gasteiger charge is 2.21. The number of aryl methyl sites for hydroxylation is 1. The van der Waals surface area contributed by atoms with E-state index in [-0.39, 0.29) is 0 Å². The van der Waals surface area contributed by atoms with Crippen LogP contribution in [0.15, 0.2) is 18.3 Å². The molecule has 1 aliphatic rings. The molecule has 1 saturated heterocycles. The summed E-state index contributed by atoms with van der Waals surface area (Å²) in [5, 5.41) is 8.67. The van der Waals surface area contributed by atoms with Gasteiger partial charge in [-0.25, -0.2) is 9.78 Å². The van der Waals surface area contributed by atoms with Crippen molar-refractivity contribution < 1.29 is 9.90 Å². The zero-order chi connectivity index (χ0) is 15.4. The molecule has 21 heavy (non-hydrogen) atoms.